The largest absolute Gasteiger partial charge is 0.484 e. The fourth-order valence-electron chi connectivity index (χ4n) is 3.67. The molecule has 3 aromatic carbocycles. The topological polar surface area (TPSA) is 64.4 Å². The van der Waals surface area contributed by atoms with Gasteiger partial charge >= 0.3 is 0 Å². The molecule has 0 radical (unpaired) electrons. The fourth-order valence-corrected chi connectivity index (χ4v) is 3.67. The van der Waals surface area contributed by atoms with E-state index in [1.165, 1.54) is 11.1 Å². The summed E-state index contributed by atoms with van der Waals surface area (Å²) in [5, 5.41) is 2.95. The molecule has 0 aliphatic carbocycles. The van der Waals surface area contributed by atoms with Crippen LogP contribution in [0.3, 0.4) is 0 Å². The van der Waals surface area contributed by atoms with Crippen molar-refractivity contribution in [2.45, 2.75) is 46.5 Å². The highest BCUT2D eigenvalue weighted by Gasteiger charge is 2.12. The predicted molar refractivity (Wildman–Crippen MR) is 133 cm³/mol. The molecular weight excluding hydrogens is 412 g/mol. The number of carbonyl (C=O) groups is 1. The molecule has 4 rings (SSSR count). The Bertz CT molecular complexity index is 1260. The van der Waals surface area contributed by atoms with Gasteiger partial charge in [-0.2, -0.15) is 0 Å². The van der Waals surface area contributed by atoms with Crippen LogP contribution < -0.4 is 10.1 Å². The van der Waals surface area contributed by atoms with Crippen molar-refractivity contribution in [3.8, 4) is 17.2 Å². The number of nitrogens with zero attached hydrogens (tertiary/aromatic N) is 1. The van der Waals surface area contributed by atoms with Crippen molar-refractivity contribution in [2.24, 2.45) is 0 Å². The molecule has 4 aromatic rings. The number of aromatic nitrogens is 1. The van der Waals surface area contributed by atoms with Crippen molar-refractivity contribution in [3.05, 3.63) is 77.4 Å². The molecule has 0 bridgehead atoms. The number of aryl methyl sites for hydroxylation is 2. The Kier molecular flexibility index (Phi) is 6.78. The Morgan fingerprint density at radius 2 is 1.85 bits per heavy atom. The van der Waals surface area contributed by atoms with Crippen molar-refractivity contribution in [3.63, 3.8) is 0 Å². The molecule has 1 amide bonds. The molecule has 1 aromatic heterocycles. The minimum Gasteiger partial charge on any atom is -0.484 e. The second kappa shape index (κ2) is 9.90. The van der Waals surface area contributed by atoms with E-state index in [0.717, 1.165) is 35.1 Å². The lowest BCUT2D eigenvalue weighted by molar-refractivity contribution is -0.118. The standard InChI is InChI=1S/C28H30N2O3/c1-5-18(3)21-10-12-23(13-11-21)32-17-27(31)29-24-16-22(9-7-19(24)4)28-30-25-15-20(6-2)8-14-26(25)33-28/h7-16,18H,5-6,17H2,1-4H3,(H,29,31)/t18-/m1/s1. The molecule has 1 heterocycles. The number of nitrogens with one attached hydrogen (secondary N) is 1. The molecule has 0 aliphatic heterocycles. The average molecular weight is 443 g/mol. The van der Waals surface area contributed by atoms with Crippen molar-refractivity contribution >= 4 is 22.7 Å². The Labute approximate surface area is 194 Å². The number of anilines is 1. The molecule has 170 valence electrons. The van der Waals surface area contributed by atoms with E-state index in [9.17, 15) is 4.79 Å². The summed E-state index contributed by atoms with van der Waals surface area (Å²) in [6.45, 7) is 8.37. The van der Waals surface area contributed by atoms with E-state index in [-0.39, 0.29) is 12.5 Å². The molecule has 0 aliphatic rings. The molecule has 5 heteroatoms. The molecule has 33 heavy (non-hydrogen) atoms. The van der Waals surface area contributed by atoms with E-state index in [0.29, 0.717) is 23.2 Å². The molecular formula is C28H30N2O3. The monoisotopic (exact) mass is 442 g/mol. The second-order valence-electron chi connectivity index (χ2n) is 8.42. The van der Waals surface area contributed by atoms with Crippen LogP contribution in [0, 0.1) is 6.92 Å². The summed E-state index contributed by atoms with van der Waals surface area (Å²) < 4.78 is 11.6. The zero-order valence-corrected chi connectivity index (χ0v) is 19.6. The summed E-state index contributed by atoms with van der Waals surface area (Å²) in [6.07, 6.45) is 2.03. The molecule has 0 saturated carbocycles. The first-order valence-corrected chi connectivity index (χ1v) is 11.5. The fraction of sp³-hybridized carbons (Fsp3) is 0.286. The summed E-state index contributed by atoms with van der Waals surface area (Å²) in [7, 11) is 0. The van der Waals surface area contributed by atoms with Gasteiger partial charge < -0.3 is 14.5 Å². The maximum absolute atomic E-state index is 12.5. The summed E-state index contributed by atoms with van der Waals surface area (Å²) in [5.41, 5.74) is 6.55. The molecule has 1 atom stereocenters. The normalized spacial score (nSPS) is 12.0. The van der Waals surface area contributed by atoms with Crippen LogP contribution in [0.2, 0.25) is 0 Å². The van der Waals surface area contributed by atoms with Crippen LogP contribution in [0.4, 0.5) is 5.69 Å². The van der Waals surface area contributed by atoms with Gasteiger partial charge in [-0.1, -0.05) is 45.0 Å². The van der Waals surface area contributed by atoms with E-state index < -0.39 is 0 Å². The third-order valence-corrected chi connectivity index (χ3v) is 6.05. The molecule has 1 N–H and O–H groups in total. The highest BCUT2D eigenvalue weighted by atomic mass is 16.5. The second-order valence-corrected chi connectivity index (χ2v) is 8.42. The van der Waals surface area contributed by atoms with Gasteiger partial charge in [0.1, 0.15) is 11.3 Å². The molecule has 0 spiro atoms. The van der Waals surface area contributed by atoms with E-state index in [1.807, 2.05) is 49.4 Å². The predicted octanol–water partition coefficient (Wildman–Crippen LogP) is 6.90. The first kappa shape index (κ1) is 22.6. The van der Waals surface area contributed by atoms with Crippen LogP contribution in [0.5, 0.6) is 5.75 Å². The summed E-state index contributed by atoms with van der Waals surface area (Å²) >= 11 is 0. The molecule has 0 unspecified atom stereocenters. The van der Waals surface area contributed by atoms with Gasteiger partial charge in [0, 0.05) is 11.3 Å². The first-order chi connectivity index (χ1) is 16.0. The number of benzene rings is 3. The SMILES string of the molecule is CCc1ccc2oc(-c3ccc(C)c(NC(=O)COc4ccc([C@H](C)CC)cc4)c3)nc2c1. The number of oxazole rings is 1. The summed E-state index contributed by atoms with van der Waals surface area (Å²) in [4.78, 5) is 17.2. The zero-order chi connectivity index (χ0) is 23.4. The van der Waals surface area contributed by atoms with Crippen molar-refractivity contribution < 1.29 is 13.9 Å². The number of fused-ring (bicyclic) bond motifs is 1. The van der Waals surface area contributed by atoms with Crippen molar-refractivity contribution in [1.29, 1.82) is 0 Å². The smallest absolute Gasteiger partial charge is 0.262 e. The van der Waals surface area contributed by atoms with Crippen molar-refractivity contribution in [1.82, 2.24) is 4.98 Å². The zero-order valence-electron chi connectivity index (χ0n) is 19.6. The maximum atomic E-state index is 12.5. The number of carbonyl (C=O) groups excluding carboxylic acids is 1. The Morgan fingerprint density at radius 3 is 2.58 bits per heavy atom. The van der Waals surface area contributed by atoms with Crippen LogP contribution >= 0.6 is 0 Å². The highest BCUT2D eigenvalue weighted by molar-refractivity contribution is 5.93. The van der Waals surface area contributed by atoms with Gasteiger partial charge in [-0.15, -0.1) is 0 Å². The quantitative estimate of drug-likeness (QED) is 0.322. The summed E-state index contributed by atoms with van der Waals surface area (Å²) in [5.74, 6) is 1.51. The van der Waals surface area contributed by atoms with Gasteiger partial charge in [0.2, 0.25) is 5.89 Å². The highest BCUT2D eigenvalue weighted by Crippen LogP contribution is 2.28. The summed E-state index contributed by atoms with van der Waals surface area (Å²) in [6, 6.07) is 19.8. The lowest BCUT2D eigenvalue weighted by Gasteiger charge is -2.12. The van der Waals surface area contributed by atoms with Crippen molar-refractivity contribution in [2.75, 3.05) is 11.9 Å². The van der Waals surface area contributed by atoms with E-state index in [2.05, 4.69) is 49.3 Å². The molecule has 0 saturated heterocycles. The van der Waals surface area contributed by atoms with E-state index in [4.69, 9.17) is 9.15 Å². The van der Waals surface area contributed by atoms with E-state index in [1.54, 1.807) is 0 Å². The minimum absolute atomic E-state index is 0.0605. The van der Waals surface area contributed by atoms with Gasteiger partial charge in [0.25, 0.3) is 5.91 Å². The number of amides is 1. The average Bonchev–Trinajstić information content (AvgIpc) is 3.27. The Hall–Kier alpha value is -3.60. The number of hydrogen-bond acceptors (Lipinski definition) is 4. The lowest BCUT2D eigenvalue weighted by Crippen LogP contribution is -2.20. The third kappa shape index (κ3) is 5.25. The van der Waals surface area contributed by atoms with Gasteiger partial charge in [-0.3, -0.25) is 4.79 Å². The van der Waals surface area contributed by atoms with Crippen LogP contribution in [-0.2, 0) is 11.2 Å². The van der Waals surface area contributed by atoms with Crippen LogP contribution in [0.15, 0.2) is 65.1 Å². The van der Waals surface area contributed by atoms with Crippen LogP contribution in [-0.4, -0.2) is 17.5 Å². The van der Waals surface area contributed by atoms with Gasteiger partial charge in [0.15, 0.2) is 12.2 Å². The van der Waals surface area contributed by atoms with Crippen LogP contribution in [0.25, 0.3) is 22.6 Å². The van der Waals surface area contributed by atoms with E-state index >= 15 is 0 Å². The third-order valence-electron chi connectivity index (χ3n) is 6.05. The minimum atomic E-state index is -0.216. The maximum Gasteiger partial charge on any atom is 0.262 e. The Balaban J connectivity index is 1.44. The lowest BCUT2D eigenvalue weighted by atomic mass is 9.99. The van der Waals surface area contributed by atoms with Gasteiger partial charge in [-0.05, 0) is 78.8 Å². The molecule has 5 nitrogen and oxygen atoms in total. The van der Waals surface area contributed by atoms with Gasteiger partial charge in [-0.25, -0.2) is 4.98 Å². The molecule has 0 fully saturated rings. The number of rotatable bonds is 8. The number of ether oxygens (including phenoxy) is 1. The Morgan fingerprint density at radius 1 is 1.06 bits per heavy atom. The first-order valence-electron chi connectivity index (χ1n) is 11.5. The number of hydrogen-bond donors (Lipinski definition) is 1. The van der Waals surface area contributed by atoms with Gasteiger partial charge in [0.05, 0.1) is 0 Å². The van der Waals surface area contributed by atoms with Crippen LogP contribution in [0.1, 0.15) is 49.8 Å².